The van der Waals surface area contributed by atoms with Crippen LogP contribution >= 0.6 is 0 Å². The van der Waals surface area contributed by atoms with Crippen LogP contribution in [0.1, 0.15) is 96.3 Å². The number of hydrogen-bond donors (Lipinski definition) is 9. The summed E-state index contributed by atoms with van der Waals surface area (Å²) in [5.41, 5.74) is 0. The van der Waals surface area contributed by atoms with Gasteiger partial charge in [-0.25, -0.2) is 0 Å². The first kappa shape index (κ1) is 29.6. The summed E-state index contributed by atoms with van der Waals surface area (Å²) in [6.07, 6.45) is 21.7. The largest absolute Gasteiger partial charge is 0.393 e. The maximum absolute atomic E-state index is 11.4. The van der Waals surface area contributed by atoms with Gasteiger partial charge in [-0.1, -0.05) is 44.9 Å². The third-order valence-corrected chi connectivity index (χ3v) is 13.9. The van der Waals surface area contributed by atoms with Gasteiger partial charge in [0, 0.05) is 24.5 Å². The van der Waals surface area contributed by atoms with Crippen LogP contribution in [0.5, 0.6) is 0 Å². The van der Waals surface area contributed by atoms with Crippen molar-refractivity contribution < 1.29 is 23.7 Å². The van der Waals surface area contributed by atoms with Crippen molar-refractivity contribution in [1.29, 1.82) is 0 Å². The van der Waals surface area contributed by atoms with Gasteiger partial charge < -0.3 is 5.11 Å². The molecule has 17 atom stereocenters. The van der Waals surface area contributed by atoms with Gasteiger partial charge in [0.2, 0.25) is 0 Å². The number of rotatable bonds is 0. The van der Waals surface area contributed by atoms with Crippen molar-refractivity contribution >= 4 is 0 Å². The molecule has 0 aromatic carbocycles. The summed E-state index contributed by atoms with van der Waals surface area (Å²) in [5.74, 6) is 4.87. The zero-order valence-corrected chi connectivity index (χ0v) is 26.7. The number of fused-ring (bicyclic) bond motifs is 20. The van der Waals surface area contributed by atoms with Crippen LogP contribution in [0.25, 0.3) is 0 Å². The summed E-state index contributed by atoms with van der Waals surface area (Å²) >= 11 is 0. The summed E-state index contributed by atoms with van der Waals surface area (Å²) in [4.78, 5) is 0. The van der Waals surface area contributed by atoms with Crippen molar-refractivity contribution in [3.63, 3.8) is 0 Å². The van der Waals surface area contributed by atoms with Gasteiger partial charge in [0.05, 0.1) is 55.4 Å². The molecule has 9 rings (SSSR count). The van der Waals surface area contributed by atoms with Gasteiger partial charge in [-0.3, -0.25) is 42.5 Å². The summed E-state index contributed by atoms with van der Waals surface area (Å²) in [7, 11) is 0. The molecule has 0 amide bonds. The van der Waals surface area contributed by atoms with Crippen LogP contribution < -0.4 is 42.5 Å². The summed E-state index contributed by atoms with van der Waals surface area (Å²) in [6, 6.07) is 0. The molecule has 5 aliphatic heterocycles. The number of hydrogen-bond acceptors (Lipinski definition) is 9. The third kappa shape index (κ3) is 5.00. The Bertz CT molecular complexity index is 959. The first-order valence-electron chi connectivity index (χ1n) is 18.0. The van der Waals surface area contributed by atoms with E-state index in [0.29, 0.717) is 78.4 Å². The monoisotopic (exact) mass is 619 g/mol. The van der Waals surface area contributed by atoms with Crippen molar-refractivity contribution in [3.05, 3.63) is 0 Å². The first-order chi connectivity index (χ1) is 20.2. The minimum absolute atomic E-state index is 0. The van der Waals surface area contributed by atoms with Crippen LogP contribution in [0.4, 0.5) is 0 Å². The normalized spacial score (nSPS) is 56.9. The van der Waals surface area contributed by atoms with E-state index in [4.69, 9.17) is 0 Å². The molecule has 9 fully saturated rings. The summed E-state index contributed by atoms with van der Waals surface area (Å²) < 4.78 is 0. The molecule has 1 radical (unpaired) electrons. The van der Waals surface area contributed by atoms with Gasteiger partial charge in [0.15, 0.2) is 0 Å². The van der Waals surface area contributed by atoms with E-state index in [1.807, 2.05) is 0 Å². The van der Waals surface area contributed by atoms with Crippen molar-refractivity contribution in [2.24, 2.45) is 47.3 Å². The molecule has 0 aromatic rings. The SMILES string of the molecule is OC1CCCC2C3NC4NC(NC5NC(NC6NC(NC(N3)C12)C1CCCCC61)C1CCCCC51)C1CCCCC41.[V]. The predicted octanol–water partition coefficient (Wildman–Crippen LogP) is 1.57. The van der Waals surface area contributed by atoms with E-state index in [9.17, 15) is 5.11 Å². The fraction of sp³-hybridized carbons (Fsp3) is 1.00. The van der Waals surface area contributed by atoms with E-state index in [1.54, 1.807) is 0 Å². The topological polar surface area (TPSA) is 116 Å². The number of nitrogens with one attached hydrogen (secondary N) is 8. The standard InChI is InChI=1S/C32H56N8O.V/c41-23-15-7-14-22-24(23)32-39-30-21-13-6-5-12-20(21)28(37-30)35-26-17-9-2-1-8-16(17)25(33-26)34-27-18-10-3-4-11-19(18)29(36-27)38-31(22)40-32;/h16-41H,1-15H2;. The van der Waals surface area contributed by atoms with E-state index in [-0.39, 0.29) is 42.9 Å². The second kappa shape index (κ2) is 12.1. The molecule has 10 heteroatoms. The van der Waals surface area contributed by atoms with Crippen molar-refractivity contribution in [2.75, 3.05) is 0 Å². The van der Waals surface area contributed by atoms with Crippen LogP contribution in [0, 0.1) is 47.3 Å². The number of aliphatic hydroxyl groups is 1. The molecule has 5 heterocycles. The smallest absolute Gasteiger partial charge is 0.0653 e. The molecule has 235 valence electrons. The molecule has 9 N–H and O–H groups in total. The molecule has 4 aliphatic carbocycles. The van der Waals surface area contributed by atoms with E-state index in [1.165, 1.54) is 83.5 Å². The van der Waals surface area contributed by atoms with Gasteiger partial charge in [-0.2, -0.15) is 0 Å². The molecular formula is C32H56N8OV. The minimum atomic E-state index is -0.221. The van der Waals surface area contributed by atoms with Crippen LogP contribution in [0.15, 0.2) is 0 Å². The molecule has 8 bridgehead atoms. The Hall–Kier alpha value is 0.224. The Kier molecular flexibility index (Phi) is 8.54. The Labute approximate surface area is 264 Å². The Morgan fingerprint density at radius 1 is 0.310 bits per heavy atom. The van der Waals surface area contributed by atoms with Crippen LogP contribution in [0.2, 0.25) is 0 Å². The quantitative estimate of drug-likeness (QED) is 0.199. The third-order valence-electron chi connectivity index (χ3n) is 13.9. The number of aliphatic hydroxyl groups excluding tert-OH is 1. The van der Waals surface area contributed by atoms with E-state index >= 15 is 0 Å². The van der Waals surface area contributed by atoms with E-state index in [2.05, 4.69) is 42.5 Å². The van der Waals surface area contributed by atoms with E-state index in [0.717, 1.165) is 12.8 Å². The first-order valence-corrected chi connectivity index (χ1v) is 18.0. The van der Waals surface area contributed by atoms with Crippen molar-refractivity contribution in [1.82, 2.24) is 42.5 Å². The fourth-order valence-electron chi connectivity index (χ4n) is 12.0. The maximum Gasteiger partial charge on any atom is 0.0653 e. The van der Waals surface area contributed by atoms with E-state index < -0.39 is 0 Å². The van der Waals surface area contributed by atoms with Crippen LogP contribution in [-0.4, -0.2) is 60.5 Å². The van der Waals surface area contributed by atoms with Crippen molar-refractivity contribution in [3.8, 4) is 0 Å². The molecule has 5 saturated heterocycles. The zero-order chi connectivity index (χ0) is 27.1. The van der Waals surface area contributed by atoms with Gasteiger partial charge in [0.1, 0.15) is 0 Å². The zero-order valence-electron chi connectivity index (χ0n) is 25.3. The molecule has 0 spiro atoms. The summed E-state index contributed by atoms with van der Waals surface area (Å²) in [6.45, 7) is 0. The Balaban J connectivity index is 0.00000267. The van der Waals surface area contributed by atoms with Gasteiger partial charge in [0.25, 0.3) is 0 Å². The maximum atomic E-state index is 11.4. The molecule has 42 heavy (non-hydrogen) atoms. The molecular weight excluding hydrogens is 563 g/mol. The molecule has 9 aliphatic rings. The average molecular weight is 620 g/mol. The molecule has 0 aromatic heterocycles. The fourth-order valence-corrected chi connectivity index (χ4v) is 12.0. The molecule has 9 nitrogen and oxygen atoms in total. The second-order valence-corrected chi connectivity index (χ2v) is 15.7. The van der Waals surface area contributed by atoms with Crippen molar-refractivity contribution in [2.45, 2.75) is 152 Å². The minimum Gasteiger partial charge on any atom is -0.393 e. The molecule has 4 saturated carbocycles. The van der Waals surface area contributed by atoms with Crippen LogP contribution in [0.3, 0.4) is 0 Å². The van der Waals surface area contributed by atoms with Gasteiger partial charge >= 0.3 is 0 Å². The Morgan fingerprint density at radius 3 is 0.905 bits per heavy atom. The average Bonchev–Trinajstić information content (AvgIpc) is 3.73. The summed E-state index contributed by atoms with van der Waals surface area (Å²) in [5, 5.41) is 44.6. The Morgan fingerprint density at radius 2 is 0.571 bits per heavy atom. The van der Waals surface area contributed by atoms with Crippen LogP contribution in [-0.2, 0) is 18.6 Å². The predicted molar refractivity (Wildman–Crippen MR) is 159 cm³/mol. The van der Waals surface area contributed by atoms with Gasteiger partial charge in [-0.05, 0) is 92.8 Å². The second-order valence-electron chi connectivity index (χ2n) is 15.7. The van der Waals surface area contributed by atoms with Gasteiger partial charge in [-0.15, -0.1) is 0 Å². The molecule has 17 unspecified atom stereocenters.